The van der Waals surface area contributed by atoms with E-state index in [1.54, 1.807) is 13.1 Å². The molecule has 21 heavy (non-hydrogen) atoms. The van der Waals surface area contributed by atoms with Gasteiger partial charge in [0.2, 0.25) is 0 Å². The second-order valence-corrected chi connectivity index (χ2v) is 5.55. The van der Waals surface area contributed by atoms with Crippen LogP contribution in [-0.4, -0.2) is 23.9 Å². The highest BCUT2D eigenvalue weighted by molar-refractivity contribution is 6.01. The van der Waals surface area contributed by atoms with E-state index in [-0.39, 0.29) is 23.3 Å². The van der Waals surface area contributed by atoms with Gasteiger partial charge in [-0.15, -0.1) is 0 Å². The van der Waals surface area contributed by atoms with Gasteiger partial charge in [-0.2, -0.15) is 0 Å². The van der Waals surface area contributed by atoms with Crippen LogP contribution in [0.1, 0.15) is 43.0 Å². The Bertz CT molecular complexity index is 545. The van der Waals surface area contributed by atoms with Crippen LogP contribution in [0.2, 0.25) is 0 Å². The van der Waals surface area contributed by atoms with Crippen LogP contribution >= 0.6 is 0 Å². The molecule has 1 amide bonds. The van der Waals surface area contributed by atoms with Gasteiger partial charge in [0, 0.05) is 19.2 Å². The Morgan fingerprint density at radius 1 is 1.33 bits per heavy atom. The van der Waals surface area contributed by atoms with Crippen LogP contribution in [-0.2, 0) is 0 Å². The molecule has 0 spiro atoms. The van der Waals surface area contributed by atoms with Crippen molar-refractivity contribution < 1.29 is 9.72 Å². The van der Waals surface area contributed by atoms with E-state index in [2.05, 4.69) is 17.6 Å². The zero-order valence-electron chi connectivity index (χ0n) is 12.4. The van der Waals surface area contributed by atoms with E-state index in [9.17, 15) is 14.9 Å². The molecule has 2 atom stereocenters. The van der Waals surface area contributed by atoms with Crippen LogP contribution in [0.15, 0.2) is 18.2 Å². The summed E-state index contributed by atoms with van der Waals surface area (Å²) in [5.74, 6) is 0.196. The van der Waals surface area contributed by atoms with Gasteiger partial charge in [-0.3, -0.25) is 14.9 Å². The zero-order chi connectivity index (χ0) is 15.4. The lowest BCUT2D eigenvalue weighted by Crippen LogP contribution is -2.41. The molecule has 1 saturated carbocycles. The highest BCUT2D eigenvalue weighted by Crippen LogP contribution is 2.29. The Morgan fingerprint density at radius 2 is 2.05 bits per heavy atom. The average Bonchev–Trinajstić information content (AvgIpc) is 2.48. The molecule has 1 aliphatic carbocycles. The number of hydrogen-bond acceptors (Lipinski definition) is 4. The Kier molecular flexibility index (Phi) is 4.77. The maximum Gasteiger partial charge on any atom is 0.293 e. The number of hydrogen-bond donors (Lipinski definition) is 2. The number of anilines is 1. The van der Waals surface area contributed by atoms with Crippen molar-refractivity contribution in [3.8, 4) is 0 Å². The Balaban J connectivity index is 2.22. The minimum absolute atomic E-state index is 0.0816. The first-order chi connectivity index (χ1) is 10.0. The summed E-state index contributed by atoms with van der Waals surface area (Å²) in [5.41, 5.74) is 0.509. The van der Waals surface area contributed by atoms with Crippen LogP contribution in [0.3, 0.4) is 0 Å². The molecule has 0 aliphatic heterocycles. The van der Waals surface area contributed by atoms with Crippen molar-refractivity contribution in [2.75, 3.05) is 12.4 Å². The number of rotatable bonds is 4. The number of para-hydroxylation sites is 1. The van der Waals surface area contributed by atoms with E-state index in [1.807, 2.05) is 0 Å². The molecule has 6 nitrogen and oxygen atoms in total. The van der Waals surface area contributed by atoms with Gasteiger partial charge in [-0.25, -0.2) is 0 Å². The lowest BCUT2D eigenvalue weighted by Gasteiger charge is -2.29. The Labute approximate surface area is 124 Å². The molecule has 0 heterocycles. The molecule has 1 fully saturated rings. The summed E-state index contributed by atoms with van der Waals surface area (Å²) < 4.78 is 0. The number of nitro groups is 1. The van der Waals surface area contributed by atoms with Gasteiger partial charge in [0.05, 0.1) is 10.5 Å². The van der Waals surface area contributed by atoms with Gasteiger partial charge in [-0.05, 0) is 24.8 Å². The lowest BCUT2D eigenvalue weighted by molar-refractivity contribution is -0.384. The quantitative estimate of drug-likeness (QED) is 0.660. The maximum atomic E-state index is 12.4. The van der Waals surface area contributed by atoms with Crippen molar-refractivity contribution in [3.05, 3.63) is 33.9 Å². The predicted octanol–water partition coefficient (Wildman–Crippen LogP) is 2.95. The third-order valence-corrected chi connectivity index (χ3v) is 4.16. The minimum Gasteiger partial charge on any atom is -0.382 e. The molecule has 0 bridgehead atoms. The van der Waals surface area contributed by atoms with E-state index in [4.69, 9.17) is 0 Å². The van der Waals surface area contributed by atoms with Gasteiger partial charge in [0.15, 0.2) is 0 Å². The highest BCUT2D eigenvalue weighted by Gasteiger charge is 2.26. The number of benzene rings is 1. The summed E-state index contributed by atoms with van der Waals surface area (Å²) in [6, 6.07) is 4.70. The molecule has 0 aromatic heterocycles. The molecule has 1 aliphatic rings. The molecule has 2 rings (SSSR count). The SMILES string of the molecule is CNc1c(C(=O)NC2CCCCC2C)cccc1[N+](=O)[O-]. The van der Waals surface area contributed by atoms with Gasteiger partial charge >= 0.3 is 0 Å². The van der Waals surface area contributed by atoms with Gasteiger partial charge in [0.25, 0.3) is 11.6 Å². The smallest absolute Gasteiger partial charge is 0.293 e. The molecule has 6 heteroatoms. The fraction of sp³-hybridized carbons (Fsp3) is 0.533. The number of amides is 1. The molecule has 0 saturated heterocycles. The molecule has 114 valence electrons. The summed E-state index contributed by atoms with van der Waals surface area (Å²) in [5, 5.41) is 16.8. The summed E-state index contributed by atoms with van der Waals surface area (Å²) in [4.78, 5) is 23.0. The van der Waals surface area contributed by atoms with Gasteiger partial charge < -0.3 is 10.6 Å². The molecule has 0 radical (unpaired) electrons. The molecular weight excluding hydrogens is 270 g/mol. The van der Waals surface area contributed by atoms with Crippen molar-refractivity contribution in [2.24, 2.45) is 5.92 Å². The number of nitro benzene ring substituents is 1. The third kappa shape index (κ3) is 3.32. The fourth-order valence-corrected chi connectivity index (χ4v) is 2.92. The highest BCUT2D eigenvalue weighted by atomic mass is 16.6. The second-order valence-electron chi connectivity index (χ2n) is 5.55. The maximum absolute atomic E-state index is 12.4. The predicted molar refractivity (Wildman–Crippen MR) is 81.5 cm³/mol. The molecule has 2 unspecified atom stereocenters. The average molecular weight is 291 g/mol. The van der Waals surface area contributed by atoms with Crippen LogP contribution in [0.4, 0.5) is 11.4 Å². The standard InChI is InChI=1S/C15H21N3O3/c1-10-6-3-4-8-12(10)17-15(19)11-7-5-9-13(18(20)21)14(11)16-2/h5,7,9-10,12,16H,3-4,6,8H2,1-2H3,(H,17,19). The number of nitrogens with zero attached hydrogens (tertiary/aromatic N) is 1. The van der Waals surface area contributed by atoms with Crippen LogP contribution in [0.5, 0.6) is 0 Å². The van der Waals surface area contributed by atoms with Crippen molar-refractivity contribution in [3.63, 3.8) is 0 Å². The summed E-state index contributed by atoms with van der Waals surface area (Å²) in [6.45, 7) is 2.14. The lowest BCUT2D eigenvalue weighted by atomic mass is 9.86. The van der Waals surface area contributed by atoms with E-state index in [1.165, 1.54) is 18.6 Å². The largest absolute Gasteiger partial charge is 0.382 e. The number of carbonyl (C=O) groups excluding carboxylic acids is 1. The first kappa shape index (κ1) is 15.3. The van der Waals surface area contributed by atoms with E-state index >= 15 is 0 Å². The zero-order valence-corrected chi connectivity index (χ0v) is 12.4. The van der Waals surface area contributed by atoms with E-state index < -0.39 is 4.92 Å². The van der Waals surface area contributed by atoms with Gasteiger partial charge in [0.1, 0.15) is 5.69 Å². The number of carbonyl (C=O) groups is 1. The van der Waals surface area contributed by atoms with Crippen molar-refractivity contribution in [1.82, 2.24) is 5.32 Å². The van der Waals surface area contributed by atoms with Gasteiger partial charge in [-0.1, -0.05) is 25.8 Å². The second kappa shape index (κ2) is 6.56. The third-order valence-electron chi connectivity index (χ3n) is 4.16. The molecule has 2 N–H and O–H groups in total. The van der Waals surface area contributed by atoms with Crippen LogP contribution in [0, 0.1) is 16.0 Å². The first-order valence-corrected chi connectivity index (χ1v) is 7.30. The fourth-order valence-electron chi connectivity index (χ4n) is 2.92. The summed E-state index contributed by atoms with van der Waals surface area (Å²) in [6.07, 6.45) is 4.39. The molecule has 1 aromatic rings. The van der Waals surface area contributed by atoms with Crippen molar-refractivity contribution in [1.29, 1.82) is 0 Å². The molecule has 1 aromatic carbocycles. The van der Waals surface area contributed by atoms with Crippen LogP contribution < -0.4 is 10.6 Å². The monoisotopic (exact) mass is 291 g/mol. The topological polar surface area (TPSA) is 84.3 Å². The first-order valence-electron chi connectivity index (χ1n) is 7.30. The molecular formula is C15H21N3O3. The van der Waals surface area contributed by atoms with Crippen LogP contribution in [0.25, 0.3) is 0 Å². The summed E-state index contributed by atoms with van der Waals surface area (Å²) in [7, 11) is 1.59. The summed E-state index contributed by atoms with van der Waals surface area (Å²) >= 11 is 0. The minimum atomic E-state index is -0.480. The normalized spacial score (nSPS) is 21.6. The van der Waals surface area contributed by atoms with E-state index in [0.717, 1.165) is 19.3 Å². The number of nitrogens with one attached hydrogen (secondary N) is 2. The van der Waals surface area contributed by atoms with Crippen molar-refractivity contribution >= 4 is 17.3 Å². The van der Waals surface area contributed by atoms with Crippen molar-refractivity contribution in [2.45, 2.75) is 38.6 Å². The Hall–Kier alpha value is -2.11. The Morgan fingerprint density at radius 3 is 2.67 bits per heavy atom. The van der Waals surface area contributed by atoms with E-state index in [0.29, 0.717) is 11.5 Å².